The molecule has 31 heavy (non-hydrogen) atoms. The van der Waals surface area contributed by atoms with Gasteiger partial charge in [0.1, 0.15) is 11.9 Å². The minimum Gasteiger partial charge on any atom is -0.467 e. The summed E-state index contributed by atoms with van der Waals surface area (Å²) in [7, 11) is 1.32. The molecule has 11 heteroatoms. The molecule has 1 aromatic carbocycles. The highest BCUT2D eigenvalue weighted by atomic mass is 19.1. The van der Waals surface area contributed by atoms with Crippen molar-refractivity contribution in [3.63, 3.8) is 0 Å². The topological polar surface area (TPSA) is 131 Å². The molecule has 0 saturated heterocycles. The van der Waals surface area contributed by atoms with Crippen molar-refractivity contribution in [1.82, 2.24) is 15.0 Å². The van der Waals surface area contributed by atoms with Gasteiger partial charge in [-0.05, 0) is 30.5 Å². The molecule has 4 N–H and O–H groups in total. The van der Waals surface area contributed by atoms with Crippen LogP contribution in [0.2, 0.25) is 0 Å². The third-order valence-electron chi connectivity index (χ3n) is 3.98. The Hall–Kier alpha value is -3.05. The summed E-state index contributed by atoms with van der Waals surface area (Å²) < 4.78 is 23.6. The van der Waals surface area contributed by atoms with Crippen LogP contribution in [0.15, 0.2) is 24.3 Å². The van der Waals surface area contributed by atoms with Gasteiger partial charge < -0.3 is 30.5 Å². The van der Waals surface area contributed by atoms with Gasteiger partial charge in [-0.15, -0.1) is 0 Å². The third kappa shape index (κ3) is 8.69. The van der Waals surface area contributed by atoms with E-state index in [2.05, 4.69) is 30.9 Å². The number of benzene rings is 1. The van der Waals surface area contributed by atoms with E-state index in [1.54, 1.807) is 12.1 Å². The zero-order valence-electron chi connectivity index (χ0n) is 17.9. The van der Waals surface area contributed by atoms with Gasteiger partial charge in [0.05, 0.1) is 26.9 Å². The van der Waals surface area contributed by atoms with Crippen molar-refractivity contribution < 1.29 is 23.8 Å². The Labute approximate surface area is 180 Å². The largest absolute Gasteiger partial charge is 0.467 e. The summed E-state index contributed by atoms with van der Waals surface area (Å²) in [5.41, 5.74) is 0.459. The lowest BCUT2D eigenvalue weighted by Gasteiger charge is -2.19. The first-order valence-electron chi connectivity index (χ1n) is 9.96. The lowest BCUT2D eigenvalue weighted by molar-refractivity contribution is -0.141. The van der Waals surface area contributed by atoms with Crippen LogP contribution in [0.25, 0.3) is 0 Å². The molecule has 170 valence electrons. The Morgan fingerprint density at radius 1 is 1.16 bits per heavy atom. The molecular weight excluding hydrogens is 407 g/mol. The molecule has 0 bridgehead atoms. The SMILES string of the molecule is COC(=O)[C@@H](CC(C)C)Nc1nc(NCCOCCO)nc(Nc2cccc(F)c2)n1. The summed E-state index contributed by atoms with van der Waals surface area (Å²) in [6, 6.07) is 5.23. The maximum atomic E-state index is 13.5. The van der Waals surface area contributed by atoms with Crippen LogP contribution < -0.4 is 16.0 Å². The number of methoxy groups -OCH3 is 1. The molecule has 2 aromatic rings. The number of aliphatic hydroxyl groups is 1. The fourth-order valence-electron chi connectivity index (χ4n) is 2.66. The fraction of sp³-hybridized carbons (Fsp3) is 0.500. The molecule has 0 spiro atoms. The number of esters is 1. The van der Waals surface area contributed by atoms with Crippen molar-refractivity contribution in [1.29, 1.82) is 0 Å². The summed E-state index contributed by atoms with van der Waals surface area (Å²) in [4.78, 5) is 25.0. The van der Waals surface area contributed by atoms with Gasteiger partial charge in [-0.2, -0.15) is 15.0 Å². The van der Waals surface area contributed by atoms with Crippen LogP contribution >= 0.6 is 0 Å². The van der Waals surface area contributed by atoms with Gasteiger partial charge in [0.15, 0.2) is 0 Å². The summed E-state index contributed by atoms with van der Waals surface area (Å²) in [6.45, 7) is 4.86. The van der Waals surface area contributed by atoms with Crippen molar-refractivity contribution in [3.05, 3.63) is 30.1 Å². The second-order valence-electron chi connectivity index (χ2n) is 7.05. The molecule has 0 saturated carbocycles. The van der Waals surface area contributed by atoms with Gasteiger partial charge in [0, 0.05) is 12.2 Å². The smallest absolute Gasteiger partial charge is 0.328 e. The average molecular weight is 436 g/mol. The van der Waals surface area contributed by atoms with Gasteiger partial charge >= 0.3 is 5.97 Å². The molecule has 1 atom stereocenters. The van der Waals surface area contributed by atoms with Gasteiger partial charge in [-0.3, -0.25) is 0 Å². The van der Waals surface area contributed by atoms with Crippen molar-refractivity contribution in [3.8, 4) is 0 Å². The number of aliphatic hydroxyl groups excluding tert-OH is 1. The van der Waals surface area contributed by atoms with Gasteiger partial charge in [0.25, 0.3) is 0 Å². The summed E-state index contributed by atoms with van der Waals surface area (Å²) >= 11 is 0. The summed E-state index contributed by atoms with van der Waals surface area (Å²) in [5, 5.41) is 17.7. The van der Waals surface area contributed by atoms with Crippen molar-refractivity contribution in [2.24, 2.45) is 5.92 Å². The molecule has 0 aliphatic carbocycles. The van der Waals surface area contributed by atoms with E-state index >= 15 is 0 Å². The van der Waals surface area contributed by atoms with E-state index in [1.165, 1.54) is 19.2 Å². The average Bonchev–Trinajstić information content (AvgIpc) is 2.72. The quantitative estimate of drug-likeness (QED) is 0.274. The van der Waals surface area contributed by atoms with E-state index < -0.39 is 17.8 Å². The predicted octanol–water partition coefficient (Wildman–Crippen LogP) is 2.17. The normalized spacial score (nSPS) is 11.8. The number of hydrogen-bond donors (Lipinski definition) is 4. The van der Waals surface area contributed by atoms with Crippen LogP contribution in [0.1, 0.15) is 20.3 Å². The molecule has 0 amide bonds. The first-order valence-corrected chi connectivity index (χ1v) is 9.96. The second-order valence-corrected chi connectivity index (χ2v) is 7.05. The number of ether oxygens (including phenoxy) is 2. The lowest BCUT2D eigenvalue weighted by Crippen LogP contribution is -2.33. The number of rotatable bonds is 13. The fourth-order valence-corrected chi connectivity index (χ4v) is 2.66. The number of nitrogens with one attached hydrogen (secondary N) is 3. The lowest BCUT2D eigenvalue weighted by atomic mass is 10.0. The number of aromatic nitrogens is 3. The number of hydrogen-bond acceptors (Lipinski definition) is 10. The molecule has 0 aliphatic heterocycles. The van der Waals surface area contributed by atoms with E-state index in [-0.39, 0.29) is 37.0 Å². The number of carbonyl (C=O) groups excluding carboxylic acids is 1. The van der Waals surface area contributed by atoms with Gasteiger partial charge in [-0.25, -0.2) is 9.18 Å². The van der Waals surface area contributed by atoms with E-state index in [0.29, 0.717) is 25.3 Å². The minimum absolute atomic E-state index is 0.0632. The van der Waals surface area contributed by atoms with Crippen molar-refractivity contribution in [2.75, 3.05) is 49.4 Å². The van der Waals surface area contributed by atoms with E-state index in [0.717, 1.165) is 0 Å². The molecule has 1 aromatic heterocycles. The second kappa shape index (κ2) is 12.6. The highest BCUT2D eigenvalue weighted by Gasteiger charge is 2.22. The number of nitrogens with zero attached hydrogens (tertiary/aromatic N) is 3. The Kier molecular flexibility index (Phi) is 9.85. The van der Waals surface area contributed by atoms with Crippen LogP contribution in [0.5, 0.6) is 0 Å². The highest BCUT2D eigenvalue weighted by Crippen LogP contribution is 2.18. The Bertz CT molecular complexity index is 839. The maximum absolute atomic E-state index is 13.5. The number of halogens is 1. The van der Waals surface area contributed by atoms with Crippen LogP contribution in [-0.2, 0) is 14.3 Å². The maximum Gasteiger partial charge on any atom is 0.328 e. The third-order valence-corrected chi connectivity index (χ3v) is 3.98. The first kappa shape index (κ1) is 24.2. The Balaban J connectivity index is 2.22. The molecular formula is C20H29FN6O4. The summed E-state index contributed by atoms with van der Waals surface area (Å²) in [6.07, 6.45) is 0.517. The molecule has 0 fully saturated rings. The van der Waals surface area contributed by atoms with Crippen molar-refractivity contribution in [2.45, 2.75) is 26.3 Å². The summed E-state index contributed by atoms with van der Waals surface area (Å²) in [5.74, 6) is -0.0549. The van der Waals surface area contributed by atoms with E-state index in [1.807, 2.05) is 13.8 Å². The Morgan fingerprint density at radius 2 is 1.90 bits per heavy atom. The molecule has 0 unspecified atom stereocenters. The predicted molar refractivity (Wildman–Crippen MR) is 115 cm³/mol. The zero-order valence-corrected chi connectivity index (χ0v) is 17.9. The van der Waals surface area contributed by atoms with Crippen LogP contribution in [0, 0.1) is 11.7 Å². The van der Waals surface area contributed by atoms with Crippen molar-refractivity contribution >= 4 is 29.5 Å². The monoisotopic (exact) mass is 436 g/mol. The number of anilines is 4. The molecule has 0 aliphatic rings. The Morgan fingerprint density at radius 3 is 2.58 bits per heavy atom. The minimum atomic E-state index is -0.643. The van der Waals surface area contributed by atoms with E-state index in [4.69, 9.17) is 14.6 Å². The molecule has 2 rings (SSSR count). The first-order chi connectivity index (χ1) is 14.9. The van der Waals surface area contributed by atoms with Crippen LogP contribution in [-0.4, -0.2) is 65.5 Å². The molecule has 0 radical (unpaired) electrons. The van der Waals surface area contributed by atoms with Gasteiger partial charge in [0.2, 0.25) is 17.8 Å². The van der Waals surface area contributed by atoms with E-state index in [9.17, 15) is 9.18 Å². The van der Waals surface area contributed by atoms with Crippen LogP contribution in [0.4, 0.5) is 27.9 Å². The van der Waals surface area contributed by atoms with Gasteiger partial charge in [-0.1, -0.05) is 19.9 Å². The standard InChI is InChI=1S/C20H29FN6O4/c1-13(2)11-16(17(29)30-3)24-20-26-18(22-7-9-31-10-8-28)25-19(27-20)23-15-6-4-5-14(21)12-15/h4-6,12-13,16,28H,7-11H2,1-3H3,(H3,22,23,24,25,26,27)/t16-/m1/s1. The number of carbonyl (C=O) groups is 1. The highest BCUT2D eigenvalue weighted by molar-refractivity contribution is 5.78. The molecule has 10 nitrogen and oxygen atoms in total. The molecule has 1 heterocycles. The van der Waals surface area contributed by atoms with Crippen LogP contribution in [0.3, 0.4) is 0 Å². The zero-order chi connectivity index (χ0) is 22.6.